The highest BCUT2D eigenvalue weighted by Gasteiger charge is 2.21. The standard InChI is InChI=1S/C16H11ClN4O5/c17-8-3-1-7(2-4-8)15(23)21-14-11(12(18)22)19-13(20-14)9-5-6-10(26-9)16(24)25/h1-6H,(H2,18,22)(H,19,20)(H,21,23)(H,24,25). The number of aromatic carboxylic acids is 1. The fourth-order valence-corrected chi connectivity index (χ4v) is 2.25. The molecule has 1 aromatic carbocycles. The Kier molecular flexibility index (Phi) is 4.46. The molecular formula is C16H11ClN4O5. The molecule has 0 radical (unpaired) electrons. The summed E-state index contributed by atoms with van der Waals surface area (Å²) >= 11 is 5.78. The van der Waals surface area contributed by atoms with Gasteiger partial charge in [-0.25, -0.2) is 9.78 Å². The maximum atomic E-state index is 12.3. The van der Waals surface area contributed by atoms with Crippen molar-refractivity contribution in [2.24, 2.45) is 5.73 Å². The van der Waals surface area contributed by atoms with Crippen LogP contribution in [-0.4, -0.2) is 32.9 Å². The molecule has 0 aliphatic heterocycles. The second-order valence-corrected chi connectivity index (χ2v) is 5.54. The van der Waals surface area contributed by atoms with E-state index in [0.717, 1.165) is 0 Å². The van der Waals surface area contributed by atoms with Crippen LogP contribution in [0, 0.1) is 0 Å². The number of nitrogens with one attached hydrogen (secondary N) is 2. The second kappa shape index (κ2) is 6.73. The number of primary amides is 1. The number of aromatic nitrogens is 2. The van der Waals surface area contributed by atoms with Crippen molar-refractivity contribution in [2.45, 2.75) is 0 Å². The number of furan rings is 1. The van der Waals surface area contributed by atoms with Crippen LogP contribution < -0.4 is 11.1 Å². The SMILES string of the molecule is NC(=O)c1nc(-c2ccc(C(=O)O)o2)[nH]c1NC(=O)c1ccc(Cl)cc1. The summed E-state index contributed by atoms with van der Waals surface area (Å²) in [4.78, 5) is 41.4. The van der Waals surface area contributed by atoms with Crippen LogP contribution in [0.3, 0.4) is 0 Å². The van der Waals surface area contributed by atoms with Crippen molar-refractivity contribution < 1.29 is 23.9 Å². The van der Waals surface area contributed by atoms with Gasteiger partial charge in [-0.3, -0.25) is 9.59 Å². The quantitative estimate of drug-likeness (QED) is 0.538. The highest BCUT2D eigenvalue weighted by Crippen LogP contribution is 2.24. The molecule has 0 aliphatic carbocycles. The third-order valence-corrected chi connectivity index (χ3v) is 3.58. The summed E-state index contributed by atoms with van der Waals surface area (Å²) in [5, 5.41) is 11.8. The smallest absolute Gasteiger partial charge is 0.371 e. The van der Waals surface area contributed by atoms with Gasteiger partial charge in [0.25, 0.3) is 11.8 Å². The number of carbonyl (C=O) groups is 3. The van der Waals surface area contributed by atoms with Gasteiger partial charge in [0.15, 0.2) is 17.3 Å². The Balaban J connectivity index is 1.92. The van der Waals surface area contributed by atoms with Crippen LogP contribution in [0.4, 0.5) is 5.82 Å². The van der Waals surface area contributed by atoms with Gasteiger partial charge in [0.05, 0.1) is 0 Å². The van der Waals surface area contributed by atoms with Gasteiger partial charge in [-0.15, -0.1) is 0 Å². The van der Waals surface area contributed by atoms with E-state index in [4.69, 9.17) is 26.9 Å². The number of carboxylic acid groups (broad SMARTS) is 1. The van der Waals surface area contributed by atoms with Crippen molar-refractivity contribution in [3.63, 3.8) is 0 Å². The number of aromatic amines is 1. The van der Waals surface area contributed by atoms with Gasteiger partial charge in [0.1, 0.15) is 5.82 Å². The van der Waals surface area contributed by atoms with Crippen molar-refractivity contribution in [3.8, 4) is 11.6 Å². The summed E-state index contributed by atoms with van der Waals surface area (Å²) in [5.74, 6) is -2.90. The average Bonchev–Trinajstić information content (AvgIpc) is 3.22. The number of nitrogens with two attached hydrogens (primary N) is 1. The van der Waals surface area contributed by atoms with Crippen LogP contribution in [0.5, 0.6) is 0 Å². The van der Waals surface area contributed by atoms with Gasteiger partial charge < -0.3 is 25.6 Å². The first-order chi connectivity index (χ1) is 12.3. The number of anilines is 1. The number of hydrogen-bond donors (Lipinski definition) is 4. The first-order valence-corrected chi connectivity index (χ1v) is 7.53. The van der Waals surface area contributed by atoms with E-state index >= 15 is 0 Å². The van der Waals surface area contributed by atoms with Gasteiger partial charge in [0.2, 0.25) is 5.76 Å². The number of hydrogen-bond acceptors (Lipinski definition) is 5. The molecule has 10 heteroatoms. The van der Waals surface area contributed by atoms with Gasteiger partial charge in [-0.2, -0.15) is 0 Å². The zero-order valence-electron chi connectivity index (χ0n) is 12.9. The maximum Gasteiger partial charge on any atom is 0.371 e. The molecule has 0 atom stereocenters. The number of imidazole rings is 1. The lowest BCUT2D eigenvalue weighted by atomic mass is 10.2. The lowest BCUT2D eigenvalue weighted by Crippen LogP contribution is -2.18. The predicted molar refractivity (Wildman–Crippen MR) is 91.2 cm³/mol. The first kappa shape index (κ1) is 17.2. The van der Waals surface area contributed by atoms with Crippen molar-refractivity contribution in [1.29, 1.82) is 0 Å². The Labute approximate surface area is 150 Å². The Bertz CT molecular complexity index is 1010. The Morgan fingerprint density at radius 2 is 1.85 bits per heavy atom. The molecule has 0 bridgehead atoms. The topological polar surface area (TPSA) is 151 Å². The molecule has 132 valence electrons. The minimum atomic E-state index is -1.26. The molecule has 0 aliphatic rings. The fourth-order valence-electron chi connectivity index (χ4n) is 2.13. The zero-order valence-corrected chi connectivity index (χ0v) is 13.7. The number of carboxylic acids is 1. The van der Waals surface area contributed by atoms with E-state index in [9.17, 15) is 14.4 Å². The normalized spacial score (nSPS) is 10.5. The van der Waals surface area contributed by atoms with Crippen molar-refractivity contribution >= 4 is 35.2 Å². The van der Waals surface area contributed by atoms with E-state index in [1.807, 2.05) is 0 Å². The van der Waals surface area contributed by atoms with E-state index in [1.54, 1.807) is 12.1 Å². The fraction of sp³-hybridized carbons (Fsp3) is 0. The van der Waals surface area contributed by atoms with Crippen LogP contribution in [-0.2, 0) is 0 Å². The molecule has 5 N–H and O–H groups in total. The summed E-state index contributed by atoms with van der Waals surface area (Å²) in [6.45, 7) is 0. The lowest BCUT2D eigenvalue weighted by Gasteiger charge is -2.04. The van der Waals surface area contributed by atoms with E-state index in [-0.39, 0.29) is 28.9 Å². The third kappa shape index (κ3) is 3.42. The largest absolute Gasteiger partial charge is 0.475 e. The summed E-state index contributed by atoms with van der Waals surface area (Å²) in [6.07, 6.45) is 0. The molecular weight excluding hydrogens is 364 g/mol. The van der Waals surface area contributed by atoms with E-state index in [1.165, 1.54) is 24.3 Å². The minimum Gasteiger partial charge on any atom is -0.475 e. The molecule has 2 aromatic heterocycles. The summed E-state index contributed by atoms with van der Waals surface area (Å²) in [7, 11) is 0. The highest BCUT2D eigenvalue weighted by atomic mass is 35.5. The lowest BCUT2D eigenvalue weighted by molar-refractivity contribution is 0.0663. The number of rotatable bonds is 5. The number of nitrogens with zero attached hydrogens (tertiary/aromatic N) is 1. The van der Waals surface area contributed by atoms with Gasteiger partial charge >= 0.3 is 5.97 Å². The molecule has 0 saturated heterocycles. The van der Waals surface area contributed by atoms with Crippen LogP contribution in [0.2, 0.25) is 5.02 Å². The molecule has 0 fully saturated rings. The van der Waals surface area contributed by atoms with Gasteiger partial charge in [0, 0.05) is 10.6 Å². The predicted octanol–water partition coefficient (Wildman–Crippen LogP) is 2.37. The highest BCUT2D eigenvalue weighted by molar-refractivity contribution is 6.30. The van der Waals surface area contributed by atoms with Crippen LogP contribution in [0.15, 0.2) is 40.8 Å². The van der Waals surface area contributed by atoms with Gasteiger partial charge in [-0.1, -0.05) is 11.6 Å². The molecule has 0 spiro atoms. The van der Waals surface area contributed by atoms with Gasteiger partial charge in [-0.05, 0) is 36.4 Å². The van der Waals surface area contributed by atoms with Crippen LogP contribution in [0.25, 0.3) is 11.6 Å². The van der Waals surface area contributed by atoms with Crippen LogP contribution in [0.1, 0.15) is 31.4 Å². The number of benzene rings is 1. The summed E-state index contributed by atoms with van der Waals surface area (Å²) < 4.78 is 5.11. The van der Waals surface area contributed by atoms with Crippen molar-refractivity contribution in [2.75, 3.05) is 5.32 Å². The van der Waals surface area contributed by atoms with Crippen molar-refractivity contribution in [3.05, 3.63) is 58.4 Å². The molecule has 3 rings (SSSR count). The molecule has 3 aromatic rings. The Hall–Kier alpha value is -3.59. The Morgan fingerprint density at radius 3 is 2.42 bits per heavy atom. The van der Waals surface area contributed by atoms with E-state index < -0.39 is 17.8 Å². The monoisotopic (exact) mass is 374 g/mol. The second-order valence-electron chi connectivity index (χ2n) is 5.10. The number of halogens is 1. The van der Waals surface area contributed by atoms with Crippen molar-refractivity contribution in [1.82, 2.24) is 9.97 Å². The molecule has 0 unspecified atom stereocenters. The molecule has 26 heavy (non-hydrogen) atoms. The molecule has 2 heterocycles. The minimum absolute atomic E-state index is 0.0395. The van der Waals surface area contributed by atoms with E-state index in [2.05, 4.69) is 15.3 Å². The van der Waals surface area contributed by atoms with Crippen LogP contribution >= 0.6 is 11.6 Å². The number of H-pyrrole nitrogens is 1. The summed E-state index contributed by atoms with van der Waals surface area (Å²) in [6, 6.07) is 8.68. The molecule has 2 amide bonds. The molecule has 0 saturated carbocycles. The number of carbonyl (C=O) groups excluding carboxylic acids is 2. The third-order valence-electron chi connectivity index (χ3n) is 3.33. The number of amides is 2. The summed E-state index contributed by atoms with van der Waals surface area (Å²) in [5.41, 5.74) is 5.35. The van der Waals surface area contributed by atoms with E-state index in [0.29, 0.717) is 10.6 Å². The average molecular weight is 375 g/mol. The Morgan fingerprint density at radius 1 is 1.15 bits per heavy atom. The zero-order chi connectivity index (χ0) is 18.8. The maximum absolute atomic E-state index is 12.3. The molecule has 9 nitrogen and oxygen atoms in total. The first-order valence-electron chi connectivity index (χ1n) is 7.15.